The van der Waals surface area contributed by atoms with Crippen LogP contribution in [-0.4, -0.2) is 30.0 Å². The smallest absolute Gasteiger partial charge is 0.247 e. The van der Waals surface area contributed by atoms with Crippen molar-refractivity contribution in [3.63, 3.8) is 0 Å². The molecule has 0 aliphatic carbocycles. The summed E-state index contributed by atoms with van der Waals surface area (Å²) in [6.45, 7) is 4.12. The van der Waals surface area contributed by atoms with E-state index < -0.39 is 6.04 Å². The number of thiazole rings is 1. The zero-order valence-electron chi connectivity index (χ0n) is 13.2. The highest BCUT2D eigenvalue weighted by atomic mass is 32.1. The van der Waals surface area contributed by atoms with Crippen molar-refractivity contribution in [2.75, 3.05) is 24.3 Å². The van der Waals surface area contributed by atoms with Crippen LogP contribution in [0.4, 0.5) is 11.5 Å². The minimum Gasteiger partial charge on any atom is -0.363 e. The van der Waals surface area contributed by atoms with Gasteiger partial charge in [0.2, 0.25) is 5.91 Å². The Morgan fingerprint density at radius 2 is 2.09 bits per heavy atom. The second kappa shape index (κ2) is 6.85. The van der Waals surface area contributed by atoms with Crippen LogP contribution in [0.1, 0.15) is 36.5 Å². The fourth-order valence-electron chi connectivity index (χ4n) is 1.79. The van der Waals surface area contributed by atoms with E-state index in [-0.39, 0.29) is 5.91 Å². The number of nitrogens with two attached hydrogens (primary N) is 1. The Labute approximate surface area is 134 Å². The predicted molar refractivity (Wildman–Crippen MR) is 90.3 cm³/mol. The molecule has 0 aliphatic rings. The summed E-state index contributed by atoms with van der Waals surface area (Å²) in [4.78, 5) is 22.8. The maximum atomic E-state index is 12.2. The summed E-state index contributed by atoms with van der Waals surface area (Å²) in [5, 5.41) is 5.59. The van der Waals surface area contributed by atoms with E-state index >= 15 is 0 Å². The standard InChI is InChI=1S/C15H21N5OS/c1-9(2)15-19-11(8-22-15)13(16)14(21)18-10-5-6-12(17-7-10)20(3)4/h5-9,13H,16H2,1-4H3,(H,18,21). The van der Waals surface area contributed by atoms with Crippen molar-refractivity contribution < 1.29 is 4.79 Å². The van der Waals surface area contributed by atoms with Gasteiger partial charge in [0.25, 0.3) is 0 Å². The van der Waals surface area contributed by atoms with Crippen LogP contribution < -0.4 is 16.0 Å². The van der Waals surface area contributed by atoms with Crippen LogP contribution in [0.3, 0.4) is 0 Å². The lowest BCUT2D eigenvalue weighted by molar-refractivity contribution is -0.117. The minimum absolute atomic E-state index is 0.292. The molecule has 2 aromatic heterocycles. The number of amides is 1. The lowest BCUT2D eigenvalue weighted by atomic mass is 10.2. The molecule has 22 heavy (non-hydrogen) atoms. The normalized spacial score (nSPS) is 12.3. The molecule has 0 aliphatic heterocycles. The highest BCUT2D eigenvalue weighted by Gasteiger charge is 2.20. The molecule has 0 saturated heterocycles. The number of anilines is 2. The number of hydrogen-bond acceptors (Lipinski definition) is 6. The Kier molecular flexibility index (Phi) is 5.10. The molecule has 1 unspecified atom stereocenters. The molecule has 0 radical (unpaired) electrons. The van der Waals surface area contributed by atoms with Gasteiger partial charge in [-0.1, -0.05) is 13.8 Å². The van der Waals surface area contributed by atoms with E-state index in [2.05, 4.69) is 29.1 Å². The van der Waals surface area contributed by atoms with Crippen molar-refractivity contribution in [3.05, 3.63) is 34.4 Å². The van der Waals surface area contributed by atoms with Crippen molar-refractivity contribution in [1.29, 1.82) is 0 Å². The first-order valence-corrected chi connectivity index (χ1v) is 7.91. The fraction of sp³-hybridized carbons (Fsp3) is 0.400. The van der Waals surface area contributed by atoms with Crippen LogP contribution in [0.2, 0.25) is 0 Å². The van der Waals surface area contributed by atoms with Crippen molar-refractivity contribution in [3.8, 4) is 0 Å². The highest BCUT2D eigenvalue weighted by molar-refractivity contribution is 7.09. The van der Waals surface area contributed by atoms with Crippen LogP contribution in [0, 0.1) is 0 Å². The number of rotatable bonds is 5. The second-order valence-electron chi connectivity index (χ2n) is 5.53. The van der Waals surface area contributed by atoms with Gasteiger partial charge in [0.1, 0.15) is 11.9 Å². The quantitative estimate of drug-likeness (QED) is 0.884. The van der Waals surface area contributed by atoms with Crippen LogP contribution in [-0.2, 0) is 4.79 Å². The Morgan fingerprint density at radius 3 is 2.59 bits per heavy atom. The van der Waals surface area contributed by atoms with E-state index in [4.69, 9.17) is 5.73 Å². The Balaban J connectivity index is 2.04. The number of hydrogen-bond donors (Lipinski definition) is 2. The third kappa shape index (κ3) is 3.80. The van der Waals surface area contributed by atoms with Gasteiger partial charge in [0.15, 0.2) is 0 Å². The molecule has 2 rings (SSSR count). The average Bonchev–Trinajstić information content (AvgIpc) is 2.97. The topological polar surface area (TPSA) is 84.1 Å². The monoisotopic (exact) mass is 319 g/mol. The maximum absolute atomic E-state index is 12.2. The Morgan fingerprint density at radius 1 is 1.36 bits per heavy atom. The van der Waals surface area contributed by atoms with Gasteiger partial charge in [0.05, 0.1) is 22.6 Å². The summed E-state index contributed by atoms with van der Waals surface area (Å²) in [6.07, 6.45) is 1.61. The molecule has 0 aromatic carbocycles. The van der Waals surface area contributed by atoms with E-state index in [0.29, 0.717) is 17.3 Å². The zero-order chi connectivity index (χ0) is 16.3. The largest absolute Gasteiger partial charge is 0.363 e. The van der Waals surface area contributed by atoms with Gasteiger partial charge in [-0.05, 0) is 12.1 Å². The van der Waals surface area contributed by atoms with Gasteiger partial charge in [-0.2, -0.15) is 0 Å². The summed E-state index contributed by atoms with van der Waals surface area (Å²) in [7, 11) is 3.82. The van der Waals surface area contributed by atoms with E-state index in [9.17, 15) is 4.79 Å². The molecule has 1 atom stereocenters. The molecule has 1 amide bonds. The summed E-state index contributed by atoms with van der Waals surface area (Å²) < 4.78 is 0. The maximum Gasteiger partial charge on any atom is 0.247 e. The molecule has 3 N–H and O–H groups in total. The second-order valence-corrected chi connectivity index (χ2v) is 6.42. The molecule has 6 nitrogen and oxygen atoms in total. The molecule has 0 bridgehead atoms. The number of carbonyl (C=O) groups is 1. The van der Waals surface area contributed by atoms with E-state index in [1.54, 1.807) is 12.3 Å². The van der Waals surface area contributed by atoms with Gasteiger partial charge in [-0.3, -0.25) is 4.79 Å². The molecule has 2 heterocycles. The van der Waals surface area contributed by atoms with Crippen molar-refractivity contribution in [1.82, 2.24) is 9.97 Å². The molecule has 0 spiro atoms. The predicted octanol–water partition coefficient (Wildman–Crippen LogP) is 2.37. The third-order valence-corrected chi connectivity index (χ3v) is 4.27. The number of pyridine rings is 1. The van der Waals surface area contributed by atoms with Gasteiger partial charge in [0, 0.05) is 25.4 Å². The Hall–Kier alpha value is -1.99. The number of nitrogens with one attached hydrogen (secondary N) is 1. The van der Waals surface area contributed by atoms with E-state index in [1.807, 2.05) is 30.4 Å². The van der Waals surface area contributed by atoms with Crippen LogP contribution >= 0.6 is 11.3 Å². The van der Waals surface area contributed by atoms with Crippen LogP contribution in [0.25, 0.3) is 0 Å². The summed E-state index contributed by atoms with van der Waals surface area (Å²) in [6, 6.07) is 2.85. The van der Waals surface area contributed by atoms with Crippen molar-refractivity contribution >= 4 is 28.7 Å². The first-order valence-electron chi connectivity index (χ1n) is 7.03. The summed E-state index contributed by atoms with van der Waals surface area (Å²) >= 11 is 1.53. The minimum atomic E-state index is -0.780. The van der Waals surface area contributed by atoms with Gasteiger partial charge < -0.3 is 16.0 Å². The first-order chi connectivity index (χ1) is 10.4. The number of carbonyl (C=O) groups excluding carboxylic acids is 1. The van der Waals surface area contributed by atoms with Gasteiger partial charge in [-0.15, -0.1) is 11.3 Å². The first kappa shape index (κ1) is 16.4. The fourth-order valence-corrected chi connectivity index (χ4v) is 2.66. The van der Waals surface area contributed by atoms with Gasteiger partial charge in [-0.25, -0.2) is 9.97 Å². The number of nitrogens with zero attached hydrogens (tertiary/aromatic N) is 3. The summed E-state index contributed by atoms with van der Waals surface area (Å²) in [5.74, 6) is 0.861. The Bertz CT molecular complexity index is 636. The van der Waals surface area contributed by atoms with Crippen molar-refractivity contribution in [2.45, 2.75) is 25.8 Å². The third-order valence-electron chi connectivity index (χ3n) is 3.11. The van der Waals surface area contributed by atoms with E-state index in [1.165, 1.54) is 11.3 Å². The zero-order valence-corrected chi connectivity index (χ0v) is 14.0. The molecule has 7 heteroatoms. The SMILES string of the molecule is CC(C)c1nc(C(N)C(=O)Nc2ccc(N(C)C)nc2)cs1. The molecular weight excluding hydrogens is 298 g/mol. The molecule has 118 valence electrons. The summed E-state index contributed by atoms with van der Waals surface area (Å²) in [5.41, 5.74) is 7.20. The van der Waals surface area contributed by atoms with Crippen molar-refractivity contribution in [2.24, 2.45) is 5.73 Å². The average molecular weight is 319 g/mol. The van der Waals surface area contributed by atoms with E-state index in [0.717, 1.165) is 10.8 Å². The van der Waals surface area contributed by atoms with Crippen LogP contribution in [0.5, 0.6) is 0 Å². The molecule has 0 fully saturated rings. The van der Waals surface area contributed by atoms with Crippen LogP contribution in [0.15, 0.2) is 23.7 Å². The molecule has 0 saturated carbocycles. The number of aromatic nitrogens is 2. The lowest BCUT2D eigenvalue weighted by Gasteiger charge is -2.13. The van der Waals surface area contributed by atoms with Gasteiger partial charge >= 0.3 is 0 Å². The highest BCUT2D eigenvalue weighted by Crippen LogP contribution is 2.22. The lowest BCUT2D eigenvalue weighted by Crippen LogP contribution is -2.28. The molecule has 2 aromatic rings. The molecular formula is C15H21N5OS.